The second-order valence-electron chi connectivity index (χ2n) is 8.25. The van der Waals surface area contributed by atoms with E-state index in [2.05, 4.69) is 0 Å². The Hall–Kier alpha value is -2.94. The molecule has 164 valence electrons. The highest BCUT2D eigenvalue weighted by molar-refractivity contribution is 6.13. The smallest absolute Gasteiger partial charge is 0.346 e. The van der Waals surface area contributed by atoms with Crippen molar-refractivity contribution in [2.75, 3.05) is 14.2 Å². The zero-order chi connectivity index (χ0) is 22.9. The van der Waals surface area contributed by atoms with Crippen LogP contribution in [0.1, 0.15) is 45.7 Å². The summed E-state index contributed by atoms with van der Waals surface area (Å²) < 4.78 is 15.1. The van der Waals surface area contributed by atoms with Crippen LogP contribution in [-0.4, -0.2) is 64.8 Å². The molecule has 0 bridgehead atoms. The lowest BCUT2D eigenvalue weighted by Crippen LogP contribution is -2.69. The van der Waals surface area contributed by atoms with Crippen LogP contribution < -0.4 is 0 Å². The lowest BCUT2D eigenvalue weighted by molar-refractivity contribution is -0.192. The third-order valence-electron chi connectivity index (χ3n) is 4.87. The fraction of sp³-hybridized carbons (Fsp3) is 0.524. The SMILES string of the molecule is COC(=O)C1(C(=O)OC)N(C(C(=O)OC(C)(C)C)c2ccccc2)C(=O)CC1(C)O. The second-order valence-corrected chi connectivity index (χ2v) is 8.25. The maximum absolute atomic E-state index is 13.2. The predicted octanol–water partition coefficient (Wildman–Crippen LogP) is 1.14. The highest BCUT2D eigenvalue weighted by Gasteiger charge is 2.73. The lowest BCUT2D eigenvalue weighted by Gasteiger charge is -2.42. The van der Waals surface area contributed by atoms with Gasteiger partial charge in [0.15, 0.2) is 6.04 Å². The summed E-state index contributed by atoms with van der Waals surface area (Å²) in [5, 5.41) is 11.0. The minimum absolute atomic E-state index is 0.287. The summed E-state index contributed by atoms with van der Waals surface area (Å²) in [5.41, 5.74) is -5.45. The topological polar surface area (TPSA) is 119 Å². The standard InChI is InChI=1S/C21H27NO8/c1-19(2,3)30-16(24)15(13-10-8-7-9-11-13)22-14(23)12-20(4,27)21(22,17(25)28-5)18(26)29-6/h7-11,15,27H,12H2,1-6H3. The number of methoxy groups -OCH3 is 2. The Morgan fingerprint density at radius 2 is 1.57 bits per heavy atom. The summed E-state index contributed by atoms with van der Waals surface area (Å²) in [6, 6.07) is 6.55. The fourth-order valence-corrected chi connectivity index (χ4v) is 3.69. The van der Waals surface area contributed by atoms with Crippen LogP contribution in [0, 0.1) is 0 Å². The fourth-order valence-electron chi connectivity index (χ4n) is 3.69. The van der Waals surface area contributed by atoms with E-state index in [1.54, 1.807) is 51.1 Å². The summed E-state index contributed by atoms with van der Waals surface area (Å²) >= 11 is 0. The first-order valence-corrected chi connectivity index (χ1v) is 9.32. The highest BCUT2D eigenvalue weighted by Crippen LogP contribution is 2.46. The molecule has 9 heteroatoms. The van der Waals surface area contributed by atoms with Gasteiger partial charge in [0.2, 0.25) is 5.91 Å². The molecule has 1 aliphatic heterocycles. The molecule has 9 nitrogen and oxygen atoms in total. The van der Waals surface area contributed by atoms with Crippen LogP contribution in [0.3, 0.4) is 0 Å². The molecule has 0 saturated carbocycles. The number of esters is 3. The molecule has 0 spiro atoms. The number of likely N-dealkylation sites (tertiary alicyclic amines) is 1. The number of rotatable bonds is 5. The summed E-state index contributed by atoms with van der Waals surface area (Å²) in [7, 11) is 2.02. The Balaban J connectivity index is 2.81. The maximum Gasteiger partial charge on any atom is 0.346 e. The van der Waals surface area contributed by atoms with E-state index in [-0.39, 0.29) is 5.56 Å². The molecule has 0 aliphatic carbocycles. The van der Waals surface area contributed by atoms with Crippen molar-refractivity contribution in [1.29, 1.82) is 0 Å². The number of hydrogen-bond donors (Lipinski definition) is 1. The van der Waals surface area contributed by atoms with Crippen molar-refractivity contribution >= 4 is 23.8 Å². The van der Waals surface area contributed by atoms with E-state index < -0.39 is 53.0 Å². The van der Waals surface area contributed by atoms with Crippen LogP contribution in [-0.2, 0) is 33.4 Å². The van der Waals surface area contributed by atoms with Crippen LogP contribution >= 0.6 is 0 Å². The van der Waals surface area contributed by atoms with Gasteiger partial charge in [-0.15, -0.1) is 0 Å². The molecule has 1 amide bonds. The van der Waals surface area contributed by atoms with E-state index in [1.807, 2.05) is 0 Å². The van der Waals surface area contributed by atoms with Gasteiger partial charge in [0.05, 0.1) is 20.6 Å². The van der Waals surface area contributed by atoms with Crippen LogP contribution in [0.5, 0.6) is 0 Å². The Morgan fingerprint density at radius 3 is 2.00 bits per heavy atom. The van der Waals surface area contributed by atoms with Gasteiger partial charge in [-0.2, -0.15) is 0 Å². The van der Waals surface area contributed by atoms with Crippen LogP contribution in [0.2, 0.25) is 0 Å². The normalized spacial score (nSPS) is 21.7. The Morgan fingerprint density at radius 1 is 1.07 bits per heavy atom. The lowest BCUT2D eigenvalue weighted by atomic mass is 9.80. The van der Waals surface area contributed by atoms with Gasteiger partial charge in [0, 0.05) is 0 Å². The summed E-state index contributed by atoms with van der Waals surface area (Å²) in [4.78, 5) is 52.9. The van der Waals surface area contributed by atoms with Crippen molar-refractivity contribution in [1.82, 2.24) is 4.90 Å². The zero-order valence-corrected chi connectivity index (χ0v) is 17.9. The first-order chi connectivity index (χ1) is 13.8. The summed E-state index contributed by atoms with van der Waals surface area (Å²) in [6.45, 7) is 6.07. The van der Waals surface area contributed by atoms with Crippen molar-refractivity contribution in [3.8, 4) is 0 Å². The summed E-state index contributed by atoms with van der Waals surface area (Å²) in [5.74, 6) is -4.14. The molecule has 2 atom stereocenters. The molecule has 1 N–H and O–H groups in total. The Bertz CT molecular complexity index is 824. The average Bonchev–Trinajstić information content (AvgIpc) is 2.86. The average molecular weight is 421 g/mol. The predicted molar refractivity (Wildman–Crippen MR) is 104 cm³/mol. The van der Waals surface area contributed by atoms with E-state index in [0.717, 1.165) is 26.0 Å². The van der Waals surface area contributed by atoms with E-state index in [4.69, 9.17) is 14.2 Å². The molecule has 2 rings (SSSR count). The molecule has 0 radical (unpaired) electrons. The van der Waals surface area contributed by atoms with Gasteiger partial charge < -0.3 is 19.3 Å². The van der Waals surface area contributed by atoms with Gasteiger partial charge in [0.25, 0.3) is 5.54 Å². The maximum atomic E-state index is 13.2. The number of carbonyl (C=O) groups is 4. The number of amides is 1. The third kappa shape index (κ3) is 3.77. The number of aliphatic hydroxyl groups is 1. The molecule has 0 aromatic heterocycles. The first-order valence-electron chi connectivity index (χ1n) is 9.32. The molecule has 1 saturated heterocycles. The second kappa shape index (κ2) is 8.06. The van der Waals surface area contributed by atoms with Crippen molar-refractivity contribution < 1.29 is 38.5 Å². The van der Waals surface area contributed by atoms with Crippen LogP contribution in [0.25, 0.3) is 0 Å². The van der Waals surface area contributed by atoms with Crippen molar-refractivity contribution in [2.45, 2.75) is 56.9 Å². The van der Waals surface area contributed by atoms with Gasteiger partial charge in [-0.1, -0.05) is 30.3 Å². The molecule has 1 heterocycles. The molecule has 2 unspecified atom stereocenters. The largest absolute Gasteiger partial charge is 0.467 e. The first kappa shape index (κ1) is 23.3. The molecular weight excluding hydrogens is 394 g/mol. The van der Waals surface area contributed by atoms with E-state index in [9.17, 15) is 24.3 Å². The summed E-state index contributed by atoms with van der Waals surface area (Å²) in [6.07, 6.45) is -0.608. The molecular formula is C21H27NO8. The molecule has 1 aromatic rings. The van der Waals surface area contributed by atoms with Gasteiger partial charge >= 0.3 is 17.9 Å². The van der Waals surface area contributed by atoms with Crippen molar-refractivity contribution in [3.63, 3.8) is 0 Å². The number of benzene rings is 1. The Kier molecular flexibility index (Phi) is 6.27. The van der Waals surface area contributed by atoms with E-state index in [0.29, 0.717) is 0 Å². The monoisotopic (exact) mass is 421 g/mol. The molecule has 30 heavy (non-hydrogen) atoms. The van der Waals surface area contributed by atoms with E-state index >= 15 is 0 Å². The van der Waals surface area contributed by atoms with Crippen molar-refractivity contribution in [3.05, 3.63) is 35.9 Å². The minimum atomic E-state index is -2.61. The molecule has 1 aromatic carbocycles. The number of carbonyl (C=O) groups excluding carboxylic acids is 4. The van der Waals surface area contributed by atoms with Gasteiger partial charge in [-0.3, -0.25) is 9.69 Å². The number of hydrogen-bond acceptors (Lipinski definition) is 8. The minimum Gasteiger partial charge on any atom is -0.467 e. The van der Waals surface area contributed by atoms with Crippen LogP contribution in [0.4, 0.5) is 0 Å². The van der Waals surface area contributed by atoms with Gasteiger partial charge in [0.1, 0.15) is 11.2 Å². The molecule has 1 aliphatic rings. The zero-order valence-electron chi connectivity index (χ0n) is 17.9. The Labute approximate surface area is 174 Å². The van der Waals surface area contributed by atoms with Crippen LogP contribution in [0.15, 0.2) is 30.3 Å². The van der Waals surface area contributed by atoms with E-state index in [1.165, 1.54) is 0 Å². The number of ether oxygens (including phenoxy) is 3. The molecule has 1 fully saturated rings. The van der Waals surface area contributed by atoms with Crippen molar-refractivity contribution in [2.24, 2.45) is 0 Å². The third-order valence-corrected chi connectivity index (χ3v) is 4.87. The van der Waals surface area contributed by atoms with Gasteiger partial charge in [-0.25, -0.2) is 14.4 Å². The van der Waals surface area contributed by atoms with Gasteiger partial charge in [-0.05, 0) is 33.3 Å². The number of nitrogens with zero attached hydrogens (tertiary/aromatic N) is 1. The quantitative estimate of drug-likeness (QED) is 0.427. The highest BCUT2D eigenvalue weighted by atomic mass is 16.6.